The van der Waals surface area contributed by atoms with E-state index in [1.54, 1.807) is 0 Å². The van der Waals surface area contributed by atoms with Crippen molar-refractivity contribution in [1.82, 2.24) is 0 Å². The molecule has 1 rings (SSSR count). The van der Waals surface area contributed by atoms with Crippen molar-refractivity contribution >= 4 is 32.7 Å². The maximum absolute atomic E-state index is 11.8. The Balaban J connectivity index is 3.14. The molecule has 0 radical (unpaired) electrons. The largest absolute Gasteiger partial charge is 0.500 e. The summed E-state index contributed by atoms with van der Waals surface area (Å²) in [5, 5.41) is 0. The third kappa shape index (κ3) is 9.27. The summed E-state index contributed by atoms with van der Waals surface area (Å²) in [4.78, 5) is 46.7. The van der Waals surface area contributed by atoms with Crippen LogP contribution in [0.1, 0.15) is 34.1 Å². The highest BCUT2D eigenvalue weighted by molar-refractivity contribution is 6.60. The monoisotopic (exact) mass is 510 g/mol. The first-order chi connectivity index (χ1) is 16.0. The summed E-state index contributed by atoms with van der Waals surface area (Å²) >= 11 is 0. The van der Waals surface area contributed by atoms with Gasteiger partial charge in [0.2, 0.25) is 0 Å². The lowest BCUT2D eigenvalue weighted by atomic mass is 9.98. The van der Waals surface area contributed by atoms with E-state index in [0.29, 0.717) is 12.5 Å². The lowest BCUT2D eigenvalue weighted by Crippen LogP contribution is -2.63. The van der Waals surface area contributed by atoms with Gasteiger partial charge in [-0.05, 0) is 6.42 Å². The highest BCUT2D eigenvalue weighted by Gasteiger charge is 2.52. The number of ether oxygens (including phenoxy) is 6. The minimum Gasteiger partial charge on any atom is -0.463 e. The second-order valence-corrected chi connectivity index (χ2v) is 10.4. The van der Waals surface area contributed by atoms with Gasteiger partial charge in [0.1, 0.15) is 12.7 Å². The van der Waals surface area contributed by atoms with Gasteiger partial charge in [-0.1, -0.05) is 0 Å². The van der Waals surface area contributed by atoms with Crippen LogP contribution in [-0.2, 0) is 60.9 Å². The van der Waals surface area contributed by atoms with Gasteiger partial charge in [0.15, 0.2) is 24.6 Å². The van der Waals surface area contributed by atoms with E-state index in [1.807, 2.05) is 0 Å². The Kier molecular flexibility index (Phi) is 12.6. The van der Waals surface area contributed by atoms with Crippen LogP contribution >= 0.6 is 0 Å². The van der Waals surface area contributed by atoms with E-state index in [0.717, 1.165) is 20.8 Å². The third-order valence-electron chi connectivity index (χ3n) is 4.79. The minimum atomic E-state index is -2.84. The third-order valence-corrected chi connectivity index (χ3v) is 7.62. The first kappa shape index (κ1) is 29.9. The lowest BCUT2D eigenvalue weighted by molar-refractivity contribution is -0.308. The van der Waals surface area contributed by atoms with Crippen LogP contribution in [0.25, 0.3) is 0 Å². The standard InChI is InChI=1S/C20H34O13Si/c1-12(21)29-11-16-17(30-13(2)22)18(31-14(3)23)19(32-15(4)24)20(33-16)28-9-8-10-34(25-5,26-6)27-7/h16-20H,8-11H2,1-7H3/t16-,17-,18+,19-,20?/m1/s1. The molecular formula is C20H34O13Si. The molecule has 0 aromatic rings. The van der Waals surface area contributed by atoms with Gasteiger partial charge in [-0.2, -0.15) is 0 Å². The van der Waals surface area contributed by atoms with Gasteiger partial charge < -0.3 is 41.7 Å². The highest BCUT2D eigenvalue weighted by atomic mass is 28.4. The Hall–Kier alpha value is -2.10. The van der Waals surface area contributed by atoms with Gasteiger partial charge in [0.05, 0.1) is 0 Å². The molecule has 0 N–H and O–H groups in total. The fraction of sp³-hybridized carbons (Fsp3) is 0.800. The van der Waals surface area contributed by atoms with Gasteiger partial charge in [-0.3, -0.25) is 19.2 Å². The summed E-state index contributed by atoms with van der Waals surface area (Å²) in [7, 11) is 1.62. The fourth-order valence-electron chi connectivity index (χ4n) is 3.37. The SMILES string of the molecule is CO[Si](CCCOC1O[C@H](COC(C)=O)[C@@H](OC(C)=O)[C@H](OC(C)=O)[C@H]1OC(C)=O)(OC)OC. The number of hydrogen-bond acceptors (Lipinski definition) is 13. The molecule has 14 heteroatoms. The Morgan fingerprint density at radius 1 is 0.735 bits per heavy atom. The average Bonchev–Trinajstić information content (AvgIpc) is 2.75. The van der Waals surface area contributed by atoms with Crippen LogP contribution in [0.4, 0.5) is 0 Å². The molecule has 1 heterocycles. The van der Waals surface area contributed by atoms with Crippen molar-refractivity contribution in [3.05, 3.63) is 0 Å². The molecule has 0 bridgehead atoms. The molecule has 5 atom stereocenters. The molecule has 1 fully saturated rings. The molecule has 1 saturated heterocycles. The Morgan fingerprint density at radius 3 is 1.71 bits per heavy atom. The van der Waals surface area contributed by atoms with Gasteiger partial charge in [0.25, 0.3) is 0 Å². The van der Waals surface area contributed by atoms with Gasteiger partial charge in [0, 0.05) is 61.7 Å². The summed E-state index contributed by atoms with van der Waals surface area (Å²) < 4.78 is 48.8. The van der Waals surface area contributed by atoms with Crippen molar-refractivity contribution in [2.24, 2.45) is 0 Å². The second-order valence-electron chi connectivity index (χ2n) is 7.34. The quantitative estimate of drug-likeness (QED) is 0.145. The molecule has 0 aromatic heterocycles. The van der Waals surface area contributed by atoms with Crippen molar-refractivity contribution in [3.8, 4) is 0 Å². The van der Waals surface area contributed by atoms with Crippen molar-refractivity contribution in [1.29, 1.82) is 0 Å². The Morgan fingerprint density at radius 2 is 1.24 bits per heavy atom. The van der Waals surface area contributed by atoms with Crippen LogP contribution in [0.15, 0.2) is 0 Å². The number of hydrogen-bond donors (Lipinski definition) is 0. The van der Waals surface area contributed by atoms with E-state index >= 15 is 0 Å². The Labute approximate surface area is 199 Å². The molecule has 1 unspecified atom stereocenters. The Bertz CT molecular complexity index is 688. The smallest absolute Gasteiger partial charge is 0.463 e. The molecule has 34 heavy (non-hydrogen) atoms. The predicted molar refractivity (Wildman–Crippen MR) is 114 cm³/mol. The molecule has 1 aliphatic heterocycles. The summed E-state index contributed by atoms with van der Waals surface area (Å²) in [6, 6.07) is 0.418. The van der Waals surface area contributed by atoms with Crippen LogP contribution in [0.2, 0.25) is 6.04 Å². The summed E-state index contributed by atoms with van der Waals surface area (Å²) in [5.41, 5.74) is 0. The van der Waals surface area contributed by atoms with Crippen LogP contribution in [0, 0.1) is 0 Å². The molecular weight excluding hydrogens is 476 g/mol. The number of esters is 4. The van der Waals surface area contributed by atoms with Crippen LogP contribution in [0.5, 0.6) is 0 Å². The van der Waals surface area contributed by atoms with E-state index in [-0.39, 0.29) is 13.2 Å². The zero-order chi connectivity index (χ0) is 25.9. The zero-order valence-electron chi connectivity index (χ0n) is 20.5. The first-order valence-corrected chi connectivity index (χ1v) is 12.5. The van der Waals surface area contributed by atoms with E-state index in [1.165, 1.54) is 28.3 Å². The number of rotatable bonds is 13. The molecule has 0 aromatic carbocycles. The first-order valence-electron chi connectivity index (χ1n) is 10.6. The molecule has 0 saturated carbocycles. The highest BCUT2D eigenvalue weighted by Crippen LogP contribution is 2.30. The summed E-state index contributed by atoms with van der Waals surface area (Å²) in [5.74, 6) is -2.74. The second kappa shape index (κ2) is 14.3. The average molecular weight is 511 g/mol. The van der Waals surface area contributed by atoms with Crippen LogP contribution in [0.3, 0.4) is 0 Å². The van der Waals surface area contributed by atoms with Crippen LogP contribution in [-0.4, -0.2) is 97.9 Å². The van der Waals surface area contributed by atoms with Gasteiger partial charge >= 0.3 is 32.7 Å². The maximum Gasteiger partial charge on any atom is 0.500 e. The topological polar surface area (TPSA) is 151 Å². The van der Waals surface area contributed by atoms with Crippen molar-refractivity contribution in [3.63, 3.8) is 0 Å². The zero-order valence-corrected chi connectivity index (χ0v) is 21.5. The molecule has 196 valence electrons. The summed E-state index contributed by atoms with van der Waals surface area (Å²) in [6.07, 6.45) is -5.66. The number of carbonyl (C=O) groups excluding carboxylic acids is 4. The van der Waals surface area contributed by atoms with Gasteiger partial charge in [-0.15, -0.1) is 0 Å². The minimum absolute atomic E-state index is 0.0958. The molecule has 0 amide bonds. The van der Waals surface area contributed by atoms with E-state index in [9.17, 15) is 19.2 Å². The predicted octanol–water partition coefficient (Wildman–Crippen LogP) is 0.354. The molecule has 0 aliphatic carbocycles. The molecule has 0 spiro atoms. The van der Waals surface area contributed by atoms with Crippen molar-refractivity contribution < 1.29 is 60.9 Å². The van der Waals surface area contributed by atoms with Crippen molar-refractivity contribution in [2.75, 3.05) is 34.5 Å². The van der Waals surface area contributed by atoms with Gasteiger partial charge in [-0.25, -0.2) is 0 Å². The van der Waals surface area contributed by atoms with Crippen molar-refractivity contribution in [2.45, 2.75) is 70.9 Å². The molecule has 13 nitrogen and oxygen atoms in total. The van der Waals surface area contributed by atoms with E-state index < -0.39 is 63.4 Å². The number of carbonyl (C=O) groups is 4. The lowest BCUT2D eigenvalue weighted by Gasteiger charge is -2.44. The van der Waals surface area contributed by atoms with Crippen LogP contribution < -0.4 is 0 Å². The fourth-order valence-corrected chi connectivity index (χ4v) is 5.06. The van der Waals surface area contributed by atoms with E-state index in [2.05, 4.69) is 0 Å². The summed E-state index contributed by atoms with van der Waals surface area (Å²) in [6.45, 7) is 4.41. The normalized spacial score (nSPS) is 24.7. The molecule has 1 aliphatic rings. The van der Waals surface area contributed by atoms with E-state index in [4.69, 9.17) is 41.7 Å². The maximum atomic E-state index is 11.8.